The zero-order valence-electron chi connectivity index (χ0n) is 13.9. The van der Waals surface area contributed by atoms with Crippen molar-refractivity contribution in [3.8, 4) is 0 Å². The molecule has 2 rings (SSSR count). The van der Waals surface area contributed by atoms with Gasteiger partial charge in [-0.3, -0.25) is 9.69 Å². The van der Waals surface area contributed by atoms with E-state index in [0.29, 0.717) is 6.42 Å². The first kappa shape index (κ1) is 17.6. The van der Waals surface area contributed by atoms with Gasteiger partial charge in [0.1, 0.15) is 0 Å². The van der Waals surface area contributed by atoms with Crippen molar-refractivity contribution in [2.75, 3.05) is 44.2 Å². The van der Waals surface area contributed by atoms with E-state index in [4.69, 9.17) is 5.73 Å². The highest BCUT2D eigenvalue weighted by Gasteiger charge is 2.18. The number of piperazine rings is 1. The Hall–Kier alpha value is -1.73. The third-order valence-electron chi connectivity index (χ3n) is 4.01. The molecule has 1 fully saturated rings. The number of hydrogen-bond donors (Lipinski definition) is 2. The first-order valence-electron chi connectivity index (χ1n) is 8.42. The normalized spacial score (nSPS) is 17.0. The average molecular weight is 320 g/mol. The van der Waals surface area contributed by atoms with Crippen LogP contribution in [0.15, 0.2) is 18.5 Å². The van der Waals surface area contributed by atoms with Crippen molar-refractivity contribution in [1.29, 1.82) is 0 Å². The zero-order chi connectivity index (χ0) is 16.5. The molecular formula is C16H28N6O. The topological polar surface area (TPSA) is 87.4 Å². The lowest BCUT2D eigenvalue weighted by molar-refractivity contribution is -0.121. The number of carbonyl (C=O) groups excluding carboxylic acids is 1. The summed E-state index contributed by atoms with van der Waals surface area (Å²) < 4.78 is 0. The number of nitrogens with two attached hydrogens (primary N) is 1. The molecule has 1 aromatic rings. The Morgan fingerprint density at radius 3 is 2.65 bits per heavy atom. The summed E-state index contributed by atoms with van der Waals surface area (Å²) in [5.74, 6) is 0.918. The Morgan fingerprint density at radius 2 is 2.00 bits per heavy atom. The van der Waals surface area contributed by atoms with Crippen LogP contribution in [0, 0.1) is 0 Å². The van der Waals surface area contributed by atoms with Crippen molar-refractivity contribution in [3.63, 3.8) is 0 Å². The predicted molar refractivity (Wildman–Crippen MR) is 91.2 cm³/mol. The molecule has 3 N–H and O–H groups in total. The van der Waals surface area contributed by atoms with E-state index in [1.165, 1.54) is 0 Å². The molecule has 0 spiro atoms. The number of nitrogens with zero attached hydrogens (tertiary/aromatic N) is 4. The van der Waals surface area contributed by atoms with Gasteiger partial charge in [0.05, 0.1) is 0 Å². The van der Waals surface area contributed by atoms with E-state index in [0.717, 1.165) is 58.1 Å². The van der Waals surface area contributed by atoms with E-state index in [9.17, 15) is 4.79 Å². The lowest BCUT2D eigenvalue weighted by Gasteiger charge is -2.34. The minimum atomic E-state index is 0.0886. The third-order valence-corrected chi connectivity index (χ3v) is 4.01. The molecule has 1 aliphatic heterocycles. The van der Waals surface area contributed by atoms with Crippen LogP contribution in [-0.4, -0.2) is 66.1 Å². The van der Waals surface area contributed by atoms with Gasteiger partial charge in [0.2, 0.25) is 11.9 Å². The largest absolute Gasteiger partial charge is 0.356 e. The monoisotopic (exact) mass is 320 g/mol. The molecule has 7 heteroatoms. The highest BCUT2D eigenvalue weighted by atomic mass is 16.1. The standard InChI is InChI=1S/C16H28N6O/c1-14(17)4-5-15(23)18-8-3-9-21-10-12-22(13-11-21)16-19-6-2-7-20-16/h2,6-7,14H,3-5,8-13,17H2,1H3,(H,18,23). The summed E-state index contributed by atoms with van der Waals surface area (Å²) >= 11 is 0. The number of amides is 1. The number of carbonyl (C=O) groups is 1. The first-order valence-corrected chi connectivity index (χ1v) is 8.42. The van der Waals surface area contributed by atoms with Crippen molar-refractivity contribution >= 4 is 11.9 Å². The molecule has 23 heavy (non-hydrogen) atoms. The second-order valence-corrected chi connectivity index (χ2v) is 6.10. The summed E-state index contributed by atoms with van der Waals surface area (Å²) in [5.41, 5.74) is 5.65. The van der Waals surface area contributed by atoms with Gasteiger partial charge in [0.15, 0.2) is 0 Å². The first-order chi connectivity index (χ1) is 11.1. The summed E-state index contributed by atoms with van der Waals surface area (Å²) in [6.07, 6.45) is 5.81. The number of anilines is 1. The van der Waals surface area contributed by atoms with E-state index >= 15 is 0 Å². The maximum absolute atomic E-state index is 11.6. The Balaban J connectivity index is 1.56. The van der Waals surface area contributed by atoms with Gasteiger partial charge in [-0.05, 0) is 32.4 Å². The molecule has 1 aliphatic rings. The minimum Gasteiger partial charge on any atom is -0.356 e. The van der Waals surface area contributed by atoms with Crippen LogP contribution in [0.4, 0.5) is 5.95 Å². The number of rotatable bonds is 8. The van der Waals surface area contributed by atoms with E-state index in [1.54, 1.807) is 12.4 Å². The molecule has 0 saturated carbocycles. The molecule has 2 heterocycles. The van der Waals surface area contributed by atoms with Gasteiger partial charge in [-0.25, -0.2) is 9.97 Å². The van der Waals surface area contributed by atoms with Crippen molar-refractivity contribution in [3.05, 3.63) is 18.5 Å². The maximum Gasteiger partial charge on any atom is 0.225 e. The second-order valence-electron chi connectivity index (χ2n) is 6.10. The van der Waals surface area contributed by atoms with E-state index < -0.39 is 0 Å². The van der Waals surface area contributed by atoms with Gasteiger partial charge in [-0.2, -0.15) is 0 Å². The Bertz CT molecular complexity index is 459. The molecule has 7 nitrogen and oxygen atoms in total. The average Bonchev–Trinajstić information content (AvgIpc) is 2.58. The molecule has 0 aliphatic carbocycles. The van der Waals surface area contributed by atoms with Crippen LogP contribution in [0.5, 0.6) is 0 Å². The Kier molecular flexibility index (Phi) is 7.22. The van der Waals surface area contributed by atoms with Crippen molar-refractivity contribution in [2.24, 2.45) is 5.73 Å². The van der Waals surface area contributed by atoms with Gasteiger partial charge in [0, 0.05) is 57.6 Å². The van der Waals surface area contributed by atoms with Gasteiger partial charge < -0.3 is 16.0 Å². The van der Waals surface area contributed by atoms with Crippen LogP contribution in [-0.2, 0) is 4.79 Å². The van der Waals surface area contributed by atoms with Gasteiger partial charge in [-0.1, -0.05) is 0 Å². The van der Waals surface area contributed by atoms with Gasteiger partial charge >= 0.3 is 0 Å². The Morgan fingerprint density at radius 1 is 1.30 bits per heavy atom. The van der Waals surface area contributed by atoms with E-state index in [1.807, 2.05) is 13.0 Å². The fraction of sp³-hybridized carbons (Fsp3) is 0.688. The number of aromatic nitrogens is 2. The maximum atomic E-state index is 11.6. The molecular weight excluding hydrogens is 292 g/mol. The van der Waals surface area contributed by atoms with Crippen LogP contribution >= 0.6 is 0 Å². The second kappa shape index (κ2) is 9.42. The fourth-order valence-corrected chi connectivity index (χ4v) is 2.60. The predicted octanol–water partition coefficient (Wildman–Crippen LogP) is 0.232. The fourth-order valence-electron chi connectivity index (χ4n) is 2.60. The summed E-state index contributed by atoms with van der Waals surface area (Å²) in [4.78, 5) is 24.8. The summed E-state index contributed by atoms with van der Waals surface area (Å²) in [7, 11) is 0. The van der Waals surface area contributed by atoms with E-state index in [2.05, 4.69) is 25.1 Å². The van der Waals surface area contributed by atoms with Crippen molar-refractivity contribution in [1.82, 2.24) is 20.2 Å². The lowest BCUT2D eigenvalue weighted by Crippen LogP contribution is -2.47. The minimum absolute atomic E-state index is 0.0886. The number of hydrogen-bond acceptors (Lipinski definition) is 6. The van der Waals surface area contributed by atoms with Crippen LogP contribution < -0.4 is 16.0 Å². The highest BCUT2D eigenvalue weighted by Crippen LogP contribution is 2.09. The molecule has 1 saturated heterocycles. The molecule has 1 atom stereocenters. The molecule has 128 valence electrons. The van der Waals surface area contributed by atoms with Crippen molar-refractivity contribution in [2.45, 2.75) is 32.2 Å². The summed E-state index contributed by atoms with van der Waals surface area (Å²) in [6, 6.07) is 1.92. The van der Waals surface area contributed by atoms with Crippen LogP contribution in [0.2, 0.25) is 0 Å². The SMILES string of the molecule is CC(N)CCC(=O)NCCCN1CCN(c2ncccn2)CC1. The Labute approximate surface area is 138 Å². The van der Waals surface area contributed by atoms with Gasteiger partial charge in [0.25, 0.3) is 0 Å². The van der Waals surface area contributed by atoms with Gasteiger partial charge in [-0.15, -0.1) is 0 Å². The molecule has 1 unspecified atom stereocenters. The lowest BCUT2D eigenvalue weighted by atomic mass is 10.2. The van der Waals surface area contributed by atoms with Crippen LogP contribution in [0.25, 0.3) is 0 Å². The summed E-state index contributed by atoms with van der Waals surface area (Å²) in [6.45, 7) is 7.59. The molecule has 0 aromatic carbocycles. The van der Waals surface area contributed by atoms with Crippen molar-refractivity contribution < 1.29 is 4.79 Å². The molecule has 0 bridgehead atoms. The molecule has 1 amide bonds. The molecule has 0 radical (unpaired) electrons. The highest BCUT2D eigenvalue weighted by molar-refractivity contribution is 5.75. The quantitative estimate of drug-likeness (QED) is 0.667. The van der Waals surface area contributed by atoms with Crippen LogP contribution in [0.1, 0.15) is 26.2 Å². The molecule has 1 aromatic heterocycles. The van der Waals surface area contributed by atoms with E-state index in [-0.39, 0.29) is 11.9 Å². The smallest absolute Gasteiger partial charge is 0.225 e. The third kappa shape index (κ3) is 6.50. The summed E-state index contributed by atoms with van der Waals surface area (Å²) in [5, 5.41) is 2.96. The zero-order valence-corrected chi connectivity index (χ0v) is 13.9. The number of nitrogens with one attached hydrogen (secondary N) is 1. The van der Waals surface area contributed by atoms with Crippen LogP contribution in [0.3, 0.4) is 0 Å².